The van der Waals surface area contributed by atoms with Gasteiger partial charge in [-0.3, -0.25) is 29.8 Å². The number of non-ortho nitro benzene ring substituents is 1. The monoisotopic (exact) mass is 338 g/mol. The van der Waals surface area contributed by atoms with Crippen molar-refractivity contribution in [3.8, 4) is 0 Å². The van der Waals surface area contributed by atoms with Gasteiger partial charge in [0, 0.05) is 18.7 Å². The molecule has 128 valence electrons. The largest absolute Gasteiger partial charge is 0.392 e. The molecule has 0 radical (unpaired) electrons. The second-order valence-electron chi connectivity index (χ2n) is 5.04. The maximum Gasteiger partial charge on any atom is 0.314 e. The van der Waals surface area contributed by atoms with Gasteiger partial charge in [-0.25, -0.2) is 0 Å². The lowest BCUT2D eigenvalue weighted by Gasteiger charge is -2.25. The number of rotatable bonds is 6. The molecule has 1 aromatic carbocycles. The third kappa shape index (κ3) is 3.15. The van der Waals surface area contributed by atoms with Crippen molar-refractivity contribution >= 4 is 22.6 Å². The van der Waals surface area contributed by atoms with Crippen LogP contribution in [0.5, 0.6) is 0 Å². The number of nitrogens with zero attached hydrogens (tertiary/aromatic N) is 1. The van der Waals surface area contributed by atoms with E-state index >= 15 is 0 Å². The molecule has 0 aliphatic carbocycles. The number of nitrogens with one attached hydrogen (secondary N) is 3. The summed E-state index contributed by atoms with van der Waals surface area (Å²) in [6, 6.07) is 2.20. The highest BCUT2D eigenvalue weighted by atomic mass is 16.6. The van der Waals surface area contributed by atoms with Gasteiger partial charge in [0.05, 0.1) is 22.6 Å². The summed E-state index contributed by atoms with van der Waals surface area (Å²) in [7, 11) is 0. The minimum atomic E-state index is -1.96. The minimum absolute atomic E-state index is 0.0243. The van der Waals surface area contributed by atoms with Gasteiger partial charge in [0.2, 0.25) is 0 Å². The van der Waals surface area contributed by atoms with Crippen molar-refractivity contribution in [3.63, 3.8) is 0 Å². The molecule has 0 saturated heterocycles. The number of carbonyl (C=O) groups is 1. The normalized spacial score (nSPS) is 13.6. The Labute approximate surface area is 132 Å². The predicted molar refractivity (Wildman–Crippen MR) is 81.9 cm³/mol. The zero-order valence-corrected chi connectivity index (χ0v) is 12.2. The Morgan fingerprint density at radius 2 is 1.96 bits per heavy atom. The lowest BCUT2D eigenvalue weighted by Crippen LogP contribution is -2.64. The summed E-state index contributed by atoms with van der Waals surface area (Å²) >= 11 is 0. The number of aromatic amines is 2. The van der Waals surface area contributed by atoms with Crippen molar-refractivity contribution < 1.29 is 14.8 Å². The Balaban J connectivity index is 2.57. The number of aromatic nitrogens is 2. The fraction of sp³-hybridized carbons (Fsp3) is 0.250. The summed E-state index contributed by atoms with van der Waals surface area (Å²) in [4.78, 5) is 49.0. The Kier molecular flexibility index (Phi) is 4.45. The molecule has 2 aromatic rings. The van der Waals surface area contributed by atoms with Gasteiger partial charge in [-0.1, -0.05) is 0 Å². The molecule has 0 saturated carbocycles. The number of amides is 1. The standard InChI is InChI=1S/C12H14N6O6/c13-11(22)12(14,4-19)15-3-5-1-6(18(23)24)2-7-8(5)17-10(21)9(20)16-7/h1-2,15,19H,3-4,14H2,(H2,13,22)(H,16,20)(H,17,21)/t12-/m0/s1. The van der Waals surface area contributed by atoms with Crippen LogP contribution in [-0.4, -0.2) is 38.2 Å². The fourth-order valence-corrected chi connectivity index (χ4v) is 2.00. The van der Waals surface area contributed by atoms with Crippen molar-refractivity contribution in [1.82, 2.24) is 15.3 Å². The van der Waals surface area contributed by atoms with Gasteiger partial charge >= 0.3 is 11.1 Å². The van der Waals surface area contributed by atoms with Crippen LogP contribution in [0.2, 0.25) is 0 Å². The fourth-order valence-electron chi connectivity index (χ4n) is 2.00. The van der Waals surface area contributed by atoms with Gasteiger partial charge in [0.25, 0.3) is 11.6 Å². The first kappa shape index (κ1) is 17.3. The molecule has 1 aromatic heterocycles. The molecule has 2 rings (SSSR count). The summed E-state index contributed by atoms with van der Waals surface area (Å²) in [6.45, 7) is -1.07. The summed E-state index contributed by atoms with van der Waals surface area (Å²) in [5.74, 6) is -1.04. The van der Waals surface area contributed by atoms with Gasteiger partial charge in [0.1, 0.15) is 0 Å². The number of aliphatic hydroxyl groups excluding tert-OH is 1. The van der Waals surface area contributed by atoms with Gasteiger partial charge in [-0.2, -0.15) is 0 Å². The van der Waals surface area contributed by atoms with E-state index in [-0.39, 0.29) is 28.8 Å². The molecule has 8 N–H and O–H groups in total. The molecule has 0 aliphatic heterocycles. The molecule has 0 bridgehead atoms. The zero-order valence-electron chi connectivity index (χ0n) is 12.2. The highest BCUT2D eigenvalue weighted by Crippen LogP contribution is 2.21. The molecular weight excluding hydrogens is 324 g/mol. The van der Waals surface area contributed by atoms with Crippen LogP contribution in [0.1, 0.15) is 5.56 Å². The number of nitrogens with two attached hydrogens (primary N) is 2. The van der Waals surface area contributed by atoms with E-state index in [4.69, 9.17) is 16.6 Å². The number of benzene rings is 1. The van der Waals surface area contributed by atoms with Crippen molar-refractivity contribution in [2.24, 2.45) is 11.5 Å². The van der Waals surface area contributed by atoms with Crippen LogP contribution in [0, 0.1) is 10.1 Å². The maximum absolute atomic E-state index is 11.5. The van der Waals surface area contributed by atoms with Crippen LogP contribution >= 0.6 is 0 Å². The summed E-state index contributed by atoms with van der Waals surface area (Å²) in [6.07, 6.45) is 0. The second-order valence-corrected chi connectivity index (χ2v) is 5.04. The number of carbonyl (C=O) groups excluding carboxylic acids is 1. The lowest BCUT2D eigenvalue weighted by molar-refractivity contribution is -0.384. The molecule has 0 unspecified atom stereocenters. The van der Waals surface area contributed by atoms with Gasteiger partial charge < -0.3 is 26.5 Å². The Hall–Kier alpha value is -3.09. The molecule has 12 nitrogen and oxygen atoms in total. The highest BCUT2D eigenvalue weighted by Gasteiger charge is 2.30. The molecule has 1 amide bonds. The second kappa shape index (κ2) is 6.19. The van der Waals surface area contributed by atoms with Crippen LogP contribution in [0.25, 0.3) is 11.0 Å². The first-order chi connectivity index (χ1) is 11.2. The van der Waals surface area contributed by atoms with Crippen LogP contribution in [0.3, 0.4) is 0 Å². The van der Waals surface area contributed by atoms with Crippen molar-refractivity contribution in [2.45, 2.75) is 12.2 Å². The SMILES string of the molecule is NC(=O)[C@](N)(CO)NCc1cc([N+](=O)[O-])cc2[nH]c(=O)c(=O)[nH]c12. The zero-order chi connectivity index (χ0) is 18.1. The van der Waals surface area contributed by atoms with E-state index < -0.39 is 34.2 Å². The van der Waals surface area contributed by atoms with E-state index in [2.05, 4.69) is 15.3 Å². The molecule has 0 fully saturated rings. The van der Waals surface area contributed by atoms with Crippen LogP contribution in [-0.2, 0) is 11.3 Å². The third-order valence-corrected chi connectivity index (χ3v) is 3.39. The molecule has 0 spiro atoms. The van der Waals surface area contributed by atoms with Gasteiger partial charge in [-0.05, 0) is 5.56 Å². The molecule has 12 heteroatoms. The quantitative estimate of drug-likeness (QED) is 0.141. The number of nitro benzene ring substituents is 1. The summed E-state index contributed by atoms with van der Waals surface area (Å²) in [5, 5.41) is 22.6. The number of primary amides is 1. The number of hydrogen-bond donors (Lipinski definition) is 6. The van der Waals surface area contributed by atoms with E-state index in [1.165, 1.54) is 0 Å². The smallest absolute Gasteiger partial charge is 0.314 e. The van der Waals surface area contributed by atoms with E-state index in [9.17, 15) is 24.5 Å². The Morgan fingerprint density at radius 3 is 2.50 bits per heavy atom. The number of nitro groups is 1. The van der Waals surface area contributed by atoms with Gasteiger partial charge in [0.15, 0.2) is 5.66 Å². The van der Waals surface area contributed by atoms with Crippen LogP contribution in [0.15, 0.2) is 21.7 Å². The topological polar surface area (TPSA) is 210 Å². The van der Waals surface area contributed by atoms with Crippen molar-refractivity contribution in [3.05, 3.63) is 48.5 Å². The first-order valence-electron chi connectivity index (χ1n) is 6.56. The van der Waals surface area contributed by atoms with E-state index in [0.29, 0.717) is 0 Å². The molecular formula is C12H14N6O6. The van der Waals surface area contributed by atoms with E-state index in [0.717, 1.165) is 12.1 Å². The highest BCUT2D eigenvalue weighted by molar-refractivity contribution is 5.84. The molecule has 1 heterocycles. The Morgan fingerprint density at radius 1 is 1.33 bits per heavy atom. The van der Waals surface area contributed by atoms with Gasteiger partial charge in [-0.15, -0.1) is 0 Å². The molecule has 1 atom stereocenters. The third-order valence-electron chi connectivity index (χ3n) is 3.39. The van der Waals surface area contributed by atoms with E-state index in [1.807, 2.05) is 0 Å². The molecule has 0 aliphatic rings. The minimum Gasteiger partial charge on any atom is -0.392 e. The summed E-state index contributed by atoms with van der Waals surface area (Å²) < 4.78 is 0. The summed E-state index contributed by atoms with van der Waals surface area (Å²) in [5.41, 5.74) is 6.73. The number of hydrogen-bond acceptors (Lipinski definition) is 8. The lowest BCUT2D eigenvalue weighted by atomic mass is 10.1. The average molecular weight is 338 g/mol. The van der Waals surface area contributed by atoms with Crippen molar-refractivity contribution in [2.75, 3.05) is 6.61 Å². The van der Waals surface area contributed by atoms with Crippen LogP contribution < -0.4 is 27.9 Å². The first-order valence-corrected chi connectivity index (χ1v) is 6.56. The van der Waals surface area contributed by atoms with Crippen LogP contribution in [0.4, 0.5) is 5.69 Å². The molecule has 24 heavy (non-hydrogen) atoms. The van der Waals surface area contributed by atoms with E-state index in [1.54, 1.807) is 0 Å². The predicted octanol–water partition coefficient (Wildman–Crippen LogP) is -2.65. The van der Waals surface area contributed by atoms with Crippen molar-refractivity contribution in [1.29, 1.82) is 0 Å². The Bertz CT molecular complexity index is 934. The maximum atomic E-state index is 11.5. The number of fused-ring (bicyclic) bond motifs is 1. The average Bonchev–Trinajstić information content (AvgIpc) is 2.53. The number of H-pyrrole nitrogens is 2. The number of aliphatic hydroxyl groups is 1.